The van der Waals surface area contributed by atoms with Crippen molar-refractivity contribution < 1.29 is 4.74 Å². The molecule has 3 aromatic heterocycles. The molecule has 6 heteroatoms. The van der Waals surface area contributed by atoms with E-state index in [4.69, 9.17) is 9.84 Å². The fourth-order valence-corrected chi connectivity index (χ4v) is 5.30. The highest BCUT2D eigenvalue weighted by Gasteiger charge is 2.28. The zero-order chi connectivity index (χ0) is 22.3. The van der Waals surface area contributed by atoms with E-state index in [0.29, 0.717) is 6.61 Å². The number of aromatic nitrogens is 4. The van der Waals surface area contributed by atoms with Crippen LogP contribution in [0.4, 0.5) is 0 Å². The Hall–Kier alpha value is -3.25. The molecule has 0 saturated carbocycles. The average molecular weight is 440 g/mol. The third kappa shape index (κ3) is 3.78. The fourth-order valence-electron chi connectivity index (χ4n) is 5.30. The molecular weight excluding hydrogens is 410 g/mol. The van der Waals surface area contributed by atoms with Gasteiger partial charge in [-0.15, -0.1) is 0 Å². The molecule has 0 bridgehead atoms. The van der Waals surface area contributed by atoms with Gasteiger partial charge in [0.05, 0.1) is 17.8 Å². The molecule has 1 N–H and O–H groups in total. The van der Waals surface area contributed by atoms with E-state index in [2.05, 4.69) is 51.2 Å². The molecule has 0 radical (unpaired) electrons. The van der Waals surface area contributed by atoms with Gasteiger partial charge < -0.3 is 10.1 Å². The second kappa shape index (κ2) is 8.27. The van der Waals surface area contributed by atoms with Crippen LogP contribution in [0.15, 0.2) is 54.9 Å². The number of fused-ring (bicyclic) bond motifs is 2. The minimum Gasteiger partial charge on any atom is -0.493 e. The Labute approximate surface area is 194 Å². The van der Waals surface area contributed by atoms with Gasteiger partial charge in [-0.05, 0) is 81.5 Å². The standard InChI is InChI=1S/C27H29N5O/c1-27(11-5-14-30-27)12-17-33-19-8-9-20-21(10-15-29-23(20)18-19)25-24-7-4-16-32(24)31-26(25)22-6-2-3-13-28-22/h2-3,6,8-10,13,15,18,30H,4-5,7,11-12,14,16-17H2,1H3/t27-/m0/s1. The Morgan fingerprint density at radius 1 is 1.09 bits per heavy atom. The highest BCUT2D eigenvalue weighted by atomic mass is 16.5. The van der Waals surface area contributed by atoms with Crippen molar-refractivity contribution in [3.63, 3.8) is 0 Å². The number of nitrogens with one attached hydrogen (secondary N) is 1. The molecule has 4 aromatic rings. The summed E-state index contributed by atoms with van der Waals surface area (Å²) in [5.41, 5.74) is 6.66. The quantitative estimate of drug-likeness (QED) is 0.457. The van der Waals surface area contributed by atoms with Crippen molar-refractivity contribution in [2.24, 2.45) is 0 Å². The number of benzene rings is 1. The van der Waals surface area contributed by atoms with E-state index in [1.165, 1.54) is 24.1 Å². The van der Waals surface area contributed by atoms with Gasteiger partial charge in [-0.3, -0.25) is 14.6 Å². The highest BCUT2D eigenvalue weighted by Crippen LogP contribution is 2.40. The lowest BCUT2D eigenvalue weighted by molar-refractivity contribution is 0.252. The first-order chi connectivity index (χ1) is 16.2. The third-order valence-corrected chi connectivity index (χ3v) is 7.11. The summed E-state index contributed by atoms with van der Waals surface area (Å²) in [5, 5.41) is 9.67. The van der Waals surface area contributed by atoms with E-state index in [-0.39, 0.29) is 5.54 Å². The van der Waals surface area contributed by atoms with Crippen molar-refractivity contribution in [3.8, 4) is 28.3 Å². The van der Waals surface area contributed by atoms with E-state index < -0.39 is 0 Å². The Morgan fingerprint density at radius 2 is 2.06 bits per heavy atom. The van der Waals surface area contributed by atoms with Crippen LogP contribution in [0, 0.1) is 0 Å². The molecule has 168 valence electrons. The molecule has 0 amide bonds. The van der Waals surface area contributed by atoms with Crippen LogP contribution < -0.4 is 10.1 Å². The molecule has 0 spiro atoms. The van der Waals surface area contributed by atoms with Crippen LogP contribution in [0.25, 0.3) is 33.4 Å². The minimum absolute atomic E-state index is 0.201. The van der Waals surface area contributed by atoms with Gasteiger partial charge in [0.15, 0.2) is 0 Å². The van der Waals surface area contributed by atoms with Crippen molar-refractivity contribution in [1.82, 2.24) is 25.1 Å². The van der Waals surface area contributed by atoms with Gasteiger partial charge in [0.25, 0.3) is 0 Å². The second-order valence-electron chi connectivity index (χ2n) is 9.44. The summed E-state index contributed by atoms with van der Waals surface area (Å²) in [5.74, 6) is 0.874. The first kappa shape index (κ1) is 20.4. The molecule has 0 unspecified atom stereocenters. The Bertz CT molecular complexity index is 1290. The third-order valence-electron chi connectivity index (χ3n) is 7.11. The Balaban J connectivity index is 1.35. The highest BCUT2D eigenvalue weighted by molar-refractivity contribution is 5.99. The fraction of sp³-hybridized carbons (Fsp3) is 0.370. The van der Waals surface area contributed by atoms with Crippen molar-refractivity contribution in [2.45, 2.75) is 51.1 Å². The average Bonchev–Trinajstić information content (AvgIpc) is 3.56. The topological polar surface area (TPSA) is 64.9 Å². The van der Waals surface area contributed by atoms with E-state index >= 15 is 0 Å². The number of aryl methyl sites for hydroxylation is 1. The molecule has 1 saturated heterocycles. The number of hydrogen-bond donors (Lipinski definition) is 1. The van der Waals surface area contributed by atoms with Gasteiger partial charge >= 0.3 is 0 Å². The Kier molecular flexibility index (Phi) is 5.10. The molecule has 1 atom stereocenters. The first-order valence-corrected chi connectivity index (χ1v) is 12.0. The van der Waals surface area contributed by atoms with Crippen LogP contribution in [0.1, 0.15) is 38.3 Å². The summed E-state index contributed by atoms with van der Waals surface area (Å²) in [4.78, 5) is 9.27. The molecule has 2 aliphatic heterocycles. The summed E-state index contributed by atoms with van der Waals surface area (Å²) in [6.45, 7) is 5.07. The van der Waals surface area contributed by atoms with Crippen molar-refractivity contribution >= 4 is 10.9 Å². The van der Waals surface area contributed by atoms with Crippen LogP contribution in [0.2, 0.25) is 0 Å². The van der Waals surface area contributed by atoms with E-state index in [9.17, 15) is 0 Å². The van der Waals surface area contributed by atoms with Gasteiger partial charge in [-0.2, -0.15) is 5.10 Å². The van der Waals surface area contributed by atoms with Crippen LogP contribution in [-0.2, 0) is 13.0 Å². The van der Waals surface area contributed by atoms with Crippen LogP contribution in [0.5, 0.6) is 5.75 Å². The molecule has 1 fully saturated rings. The summed E-state index contributed by atoms with van der Waals surface area (Å²) in [6, 6.07) is 14.4. The van der Waals surface area contributed by atoms with Crippen LogP contribution in [-0.4, -0.2) is 38.4 Å². The predicted molar refractivity (Wildman–Crippen MR) is 130 cm³/mol. The maximum Gasteiger partial charge on any atom is 0.121 e. The largest absolute Gasteiger partial charge is 0.493 e. The SMILES string of the molecule is C[C@@]1(CCOc2ccc3c(-c4c(-c5ccccn5)nn5c4CCC5)ccnc3c2)CCCN1. The number of pyridine rings is 2. The lowest BCUT2D eigenvalue weighted by atomic mass is 9.96. The van der Waals surface area contributed by atoms with E-state index in [1.807, 2.05) is 30.6 Å². The second-order valence-corrected chi connectivity index (χ2v) is 9.44. The van der Waals surface area contributed by atoms with Gasteiger partial charge in [0, 0.05) is 47.2 Å². The number of hydrogen-bond acceptors (Lipinski definition) is 5. The molecular formula is C27H29N5O. The maximum absolute atomic E-state index is 6.13. The van der Waals surface area contributed by atoms with E-state index in [1.54, 1.807) is 0 Å². The zero-order valence-corrected chi connectivity index (χ0v) is 19.1. The molecule has 5 heterocycles. The zero-order valence-electron chi connectivity index (χ0n) is 19.1. The molecule has 0 aliphatic carbocycles. The summed E-state index contributed by atoms with van der Waals surface area (Å²) in [7, 11) is 0. The minimum atomic E-state index is 0.201. The van der Waals surface area contributed by atoms with Crippen molar-refractivity contribution in [3.05, 3.63) is 60.6 Å². The smallest absolute Gasteiger partial charge is 0.121 e. The number of ether oxygens (including phenoxy) is 1. The molecule has 2 aliphatic rings. The summed E-state index contributed by atoms with van der Waals surface area (Å²) < 4.78 is 8.29. The van der Waals surface area contributed by atoms with Gasteiger partial charge in [0.2, 0.25) is 0 Å². The molecule has 33 heavy (non-hydrogen) atoms. The van der Waals surface area contributed by atoms with Crippen LogP contribution in [0.3, 0.4) is 0 Å². The van der Waals surface area contributed by atoms with Crippen LogP contribution >= 0.6 is 0 Å². The summed E-state index contributed by atoms with van der Waals surface area (Å²) >= 11 is 0. The van der Waals surface area contributed by atoms with Gasteiger partial charge in [0.1, 0.15) is 11.4 Å². The van der Waals surface area contributed by atoms with Crippen molar-refractivity contribution in [2.75, 3.05) is 13.2 Å². The van der Waals surface area contributed by atoms with Gasteiger partial charge in [-0.25, -0.2) is 0 Å². The predicted octanol–water partition coefficient (Wildman–Crippen LogP) is 5.02. The van der Waals surface area contributed by atoms with Crippen molar-refractivity contribution in [1.29, 1.82) is 0 Å². The molecule has 1 aromatic carbocycles. The molecule has 6 rings (SSSR count). The number of nitrogens with zero attached hydrogens (tertiary/aromatic N) is 4. The summed E-state index contributed by atoms with van der Waals surface area (Å²) in [6.07, 6.45) is 9.37. The molecule has 6 nitrogen and oxygen atoms in total. The van der Waals surface area contributed by atoms with E-state index in [0.717, 1.165) is 66.0 Å². The lowest BCUT2D eigenvalue weighted by Crippen LogP contribution is -2.37. The number of rotatable bonds is 6. The monoisotopic (exact) mass is 439 g/mol. The maximum atomic E-state index is 6.13. The lowest BCUT2D eigenvalue weighted by Gasteiger charge is -2.24. The first-order valence-electron chi connectivity index (χ1n) is 12.0. The Morgan fingerprint density at radius 3 is 2.91 bits per heavy atom. The van der Waals surface area contributed by atoms with Gasteiger partial charge in [-0.1, -0.05) is 6.07 Å². The normalized spacial score (nSPS) is 19.8.